The van der Waals surface area contributed by atoms with Gasteiger partial charge in [-0.3, -0.25) is 14.4 Å². The molecule has 0 saturated heterocycles. The van der Waals surface area contributed by atoms with E-state index in [4.69, 9.17) is 0 Å². The predicted molar refractivity (Wildman–Crippen MR) is 71.2 cm³/mol. The summed E-state index contributed by atoms with van der Waals surface area (Å²) in [6.07, 6.45) is -6.41. The summed E-state index contributed by atoms with van der Waals surface area (Å²) < 4.78 is 42.1. The van der Waals surface area contributed by atoms with E-state index in [2.05, 4.69) is 4.74 Å². The molecule has 1 unspecified atom stereocenters. The molecule has 0 spiro atoms. The van der Waals surface area contributed by atoms with E-state index >= 15 is 0 Å². The third kappa shape index (κ3) is 3.93. The van der Waals surface area contributed by atoms with Crippen molar-refractivity contribution < 1.29 is 32.3 Å². The number of carbonyl (C=O) groups is 3. The van der Waals surface area contributed by atoms with E-state index in [-0.39, 0.29) is 12.2 Å². The summed E-state index contributed by atoms with van der Waals surface area (Å²) in [5.74, 6) is -4.18. The summed E-state index contributed by atoms with van der Waals surface area (Å²) in [4.78, 5) is 35.6. The van der Waals surface area contributed by atoms with Crippen LogP contribution in [-0.2, 0) is 14.3 Å². The van der Waals surface area contributed by atoms with Gasteiger partial charge in [-0.05, 0) is 13.8 Å². The van der Waals surface area contributed by atoms with Gasteiger partial charge in [0.2, 0.25) is 5.78 Å². The fourth-order valence-electron chi connectivity index (χ4n) is 1.86. The standard InChI is InChI=1S/C15H15F3O4/c1-3-22-13(21)14(2,9-11(19)15(16,17)18)12(20)10-7-5-4-6-8-10/h4-8H,3,9H2,1-2H3. The fourth-order valence-corrected chi connectivity index (χ4v) is 1.86. The first kappa shape index (κ1) is 17.9. The molecular weight excluding hydrogens is 301 g/mol. The van der Waals surface area contributed by atoms with E-state index in [0.717, 1.165) is 6.92 Å². The van der Waals surface area contributed by atoms with E-state index in [9.17, 15) is 27.6 Å². The van der Waals surface area contributed by atoms with Crippen LogP contribution >= 0.6 is 0 Å². The Balaban J connectivity index is 3.20. The van der Waals surface area contributed by atoms with Crippen molar-refractivity contribution in [1.29, 1.82) is 0 Å². The van der Waals surface area contributed by atoms with Crippen LogP contribution < -0.4 is 0 Å². The molecule has 1 rings (SSSR count). The molecule has 0 aromatic heterocycles. The Labute approximate surface area is 125 Å². The molecule has 0 N–H and O–H groups in total. The molecule has 0 saturated carbocycles. The van der Waals surface area contributed by atoms with E-state index in [1.54, 1.807) is 6.07 Å². The molecule has 1 aromatic rings. The molecule has 0 aliphatic rings. The SMILES string of the molecule is CCOC(=O)C(C)(CC(=O)C(F)(F)F)C(=O)c1ccccc1. The first-order valence-electron chi connectivity index (χ1n) is 6.50. The molecule has 0 fully saturated rings. The number of ether oxygens (including phenoxy) is 1. The van der Waals surface area contributed by atoms with Gasteiger partial charge < -0.3 is 4.74 Å². The van der Waals surface area contributed by atoms with Crippen LogP contribution in [0.25, 0.3) is 0 Å². The second-order valence-electron chi connectivity index (χ2n) is 4.85. The van der Waals surface area contributed by atoms with Crippen LogP contribution in [0.1, 0.15) is 30.6 Å². The average Bonchev–Trinajstić information content (AvgIpc) is 2.46. The molecule has 0 radical (unpaired) electrons. The van der Waals surface area contributed by atoms with Crippen LogP contribution in [-0.4, -0.2) is 30.3 Å². The number of carbonyl (C=O) groups excluding carboxylic acids is 3. The molecule has 0 heterocycles. The van der Waals surface area contributed by atoms with E-state index < -0.39 is 35.5 Å². The highest BCUT2D eigenvalue weighted by Gasteiger charge is 2.50. The molecule has 0 amide bonds. The first-order valence-corrected chi connectivity index (χ1v) is 6.50. The van der Waals surface area contributed by atoms with E-state index in [1.165, 1.54) is 31.2 Å². The van der Waals surface area contributed by atoms with Gasteiger partial charge in [0.25, 0.3) is 0 Å². The first-order chi connectivity index (χ1) is 10.1. The van der Waals surface area contributed by atoms with E-state index in [0.29, 0.717) is 0 Å². The maximum Gasteiger partial charge on any atom is 0.450 e. The highest BCUT2D eigenvalue weighted by atomic mass is 19.4. The third-order valence-corrected chi connectivity index (χ3v) is 3.09. The lowest BCUT2D eigenvalue weighted by molar-refractivity contribution is -0.175. The normalized spacial score (nSPS) is 14.0. The van der Waals surface area contributed by atoms with Gasteiger partial charge in [0.05, 0.1) is 6.61 Å². The summed E-state index contributed by atoms with van der Waals surface area (Å²) in [5.41, 5.74) is -2.18. The molecule has 1 atom stereocenters. The average molecular weight is 316 g/mol. The summed E-state index contributed by atoms with van der Waals surface area (Å²) in [5, 5.41) is 0. The molecular formula is C15H15F3O4. The molecule has 120 valence electrons. The van der Waals surface area contributed by atoms with Crippen LogP contribution in [0, 0.1) is 5.41 Å². The molecule has 22 heavy (non-hydrogen) atoms. The minimum Gasteiger partial charge on any atom is -0.465 e. The quantitative estimate of drug-likeness (QED) is 0.460. The number of hydrogen-bond acceptors (Lipinski definition) is 4. The maximum atomic E-state index is 12.5. The Morgan fingerprint density at radius 2 is 1.64 bits per heavy atom. The zero-order valence-corrected chi connectivity index (χ0v) is 12.1. The van der Waals surface area contributed by atoms with Crippen molar-refractivity contribution in [2.24, 2.45) is 5.41 Å². The zero-order chi connectivity index (χ0) is 17.0. The van der Waals surface area contributed by atoms with Crippen LogP contribution in [0.15, 0.2) is 30.3 Å². The Hall–Kier alpha value is -2.18. The van der Waals surface area contributed by atoms with Crippen LogP contribution in [0.2, 0.25) is 0 Å². The van der Waals surface area contributed by atoms with Crippen molar-refractivity contribution >= 4 is 17.5 Å². The van der Waals surface area contributed by atoms with Gasteiger partial charge in [-0.25, -0.2) is 0 Å². The smallest absolute Gasteiger partial charge is 0.450 e. The number of benzene rings is 1. The lowest BCUT2D eigenvalue weighted by Crippen LogP contribution is -2.42. The maximum absolute atomic E-state index is 12.5. The van der Waals surface area contributed by atoms with Crippen molar-refractivity contribution in [2.45, 2.75) is 26.4 Å². The largest absolute Gasteiger partial charge is 0.465 e. The fraction of sp³-hybridized carbons (Fsp3) is 0.400. The second kappa shape index (κ2) is 6.72. The summed E-state index contributed by atoms with van der Waals surface area (Å²) in [7, 11) is 0. The van der Waals surface area contributed by atoms with Crippen molar-refractivity contribution in [3.8, 4) is 0 Å². The van der Waals surface area contributed by atoms with Crippen molar-refractivity contribution in [3.63, 3.8) is 0 Å². The number of Topliss-reactive ketones (excluding diaryl/α,β-unsaturated/α-hetero) is 2. The Kier molecular flexibility index (Phi) is 5.46. The molecule has 1 aromatic carbocycles. The Bertz CT molecular complexity index is 566. The van der Waals surface area contributed by atoms with Crippen molar-refractivity contribution in [2.75, 3.05) is 6.61 Å². The highest BCUT2D eigenvalue weighted by molar-refractivity contribution is 6.14. The minimum absolute atomic E-state index is 0.0352. The van der Waals surface area contributed by atoms with Crippen LogP contribution in [0.3, 0.4) is 0 Å². The van der Waals surface area contributed by atoms with Gasteiger partial charge in [-0.15, -0.1) is 0 Å². The van der Waals surface area contributed by atoms with Gasteiger partial charge in [-0.2, -0.15) is 13.2 Å². The van der Waals surface area contributed by atoms with E-state index in [1.807, 2.05) is 0 Å². The molecule has 0 aliphatic carbocycles. The Morgan fingerprint density at radius 3 is 2.09 bits per heavy atom. The lowest BCUT2D eigenvalue weighted by Gasteiger charge is -2.25. The number of rotatable bonds is 6. The van der Waals surface area contributed by atoms with Gasteiger partial charge in [-0.1, -0.05) is 30.3 Å². The Morgan fingerprint density at radius 1 is 1.09 bits per heavy atom. The number of alkyl halides is 3. The van der Waals surface area contributed by atoms with Crippen LogP contribution in [0.4, 0.5) is 13.2 Å². The second-order valence-corrected chi connectivity index (χ2v) is 4.85. The molecule has 7 heteroatoms. The third-order valence-electron chi connectivity index (χ3n) is 3.09. The van der Waals surface area contributed by atoms with Crippen LogP contribution in [0.5, 0.6) is 0 Å². The van der Waals surface area contributed by atoms with Gasteiger partial charge >= 0.3 is 12.1 Å². The molecule has 0 bridgehead atoms. The summed E-state index contributed by atoms with van der Waals surface area (Å²) in [6, 6.07) is 7.34. The van der Waals surface area contributed by atoms with Gasteiger partial charge in [0, 0.05) is 12.0 Å². The molecule has 4 nitrogen and oxygen atoms in total. The summed E-state index contributed by atoms with van der Waals surface area (Å²) >= 11 is 0. The van der Waals surface area contributed by atoms with Gasteiger partial charge in [0.15, 0.2) is 5.78 Å². The predicted octanol–water partition coefficient (Wildman–Crippen LogP) is 2.96. The lowest BCUT2D eigenvalue weighted by atomic mass is 9.78. The van der Waals surface area contributed by atoms with Crippen molar-refractivity contribution in [1.82, 2.24) is 0 Å². The molecule has 0 aliphatic heterocycles. The zero-order valence-electron chi connectivity index (χ0n) is 12.1. The number of esters is 1. The van der Waals surface area contributed by atoms with Crippen molar-refractivity contribution in [3.05, 3.63) is 35.9 Å². The number of ketones is 2. The highest BCUT2D eigenvalue weighted by Crippen LogP contribution is 2.32. The number of halogens is 3. The minimum atomic E-state index is -5.12. The summed E-state index contributed by atoms with van der Waals surface area (Å²) in [6.45, 7) is 2.33. The van der Waals surface area contributed by atoms with Gasteiger partial charge in [0.1, 0.15) is 5.41 Å². The monoisotopic (exact) mass is 316 g/mol. The topological polar surface area (TPSA) is 60.4 Å². The number of hydrogen-bond donors (Lipinski definition) is 0.